The fourth-order valence-electron chi connectivity index (χ4n) is 1.70. The first-order chi connectivity index (χ1) is 8.54. The molecule has 19 heavy (non-hydrogen) atoms. The minimum atomic E-state index is -3.23. The summed E-state index contributed by atoms with van der Waals surface area (Å²) in [4.78, 5) is 0. The van der Waals surface area contributed by atoms with Crippen molar-refractivity contribution in [2.45, 2.75) is 52.5 Å². The fourth-order valence-corrected chi connectivity index (χ4v) is 3.95. The van der Waals surface area contributed by atoms with E-state index in [1.54, 1.807) is 27.7 Å². The summed E-state index contributed by atoms with van der Waals surface area (Å²) in [6.45, 7) is 7.32. The Hall–Kier alpha value is -0.180. The lowest BCUT2D eigenvalue weighted by molar-refractivity contribution is 0.408. The van der Waals surface area contributed by atoms with E-state index in [0.29, 0.717) is 25.8 Å². The Kier molecular flexibility index (Phi) is 7.49. The van der Waals surface area contributed by atoms with Gasteiger partial charge in [0.25, 0.3) is 0 Å². The molecular weight excluding hydrogens is 288 g/mol. The minimum Gasteiger partial charge on any atom is -0.216 e. The van der Waals surface area contributed by atoms with Crippen LogP contribution in [0.4, 0.5) is 0 Å². The molecule has 0 bridgehead atoms. The molecule has 0 fully saturated rings. The summed E-state index contributed by atoms with van der Waals surface area (Å²) in [5.41, 5.74) is -0.545. The highest BCUT2D eigenvalue weighted by Gasteiger charge is 2.23. The number of hydrogen-bond donors (Lipinski definition) is 2. The smallest absolute Gasteiger partial charge is 0.211 e. The summed E-state index contributed by atoms with van der Waals surface area (Å²) in [6, 6.07) is 0. The Labute approximate surface area is 117 Å². The van der Waals surface area contributed by atoms with E-state index in [9.17, 15) is 16.8 Å². The lowest BCUT2D eigenvalue weighted by Gasteiger charge is -2.25. The summed E-state index contributed by atoms with van der Waals surface area (Å²) in [5.74, 6) is 0.128. The van der Waals surface area contributed by atoms with Gasteiger partial charge in [-0.05, 0) is 33.6 Å². The van der Waals surface area contributed by atoms with Crippen LogP contribution in [0, 0.1) is 0 Å². The lowest BCUT2D eigenvalue weighted by Crippen LogP contribution is -2.44. The summed E-state index contributed by atoms with van der Waals surface area (Å²) >= 11 is 0. The van der Waals surface area contributed by atoms with E-state index in [1.165, 1.54) is 0 Å². The zero-order chi connectivity index (χ0) is 15.2. The fraction of sp³-hybridized carbons (Fsp3) is 1.00. The van der Waals surface area contributed by atoms with Gasteiger partial charge in [0.15, 0.2) is 0 Å². The molecule has 0 radical (unpaired) electrons. The van der Waals surface area contributed by atoms with Crippen molar-refractivity contribution in [1.29, 1.82) is 0 Å². The average Bonchev–Trinajstić information content (AvgIpc) is 2.23. The Morgan fingerprint density at radius 3 is 2.00 bits per heavy atom. The molecule has 6 nitrogen and oxygen atoms in total. The van der Waals surface area contributed by atoms with Crippen LogP contribution in [-0.2, 0) is 20.0 Å². The van der Waals surface area contributed by atoms with Gasteiger partial charge in [-0.3, -0.25) is 0 Å². The topological polar surface area (TPSA) is 92.3 Å². The van der Waals surface area contributed by atoms with Gasteiger partial charge >= 0.3 is 0 Å². The lowest BCUT2D eigenvalue weighted by atomic mass is 9.99. The monoisotopic (exact) mass is 314 g/mol. The molecule has 0 saturated heterocycles. The molecule has 0 heterocycles. The van der Waals surface area contributed by atoms with Crippen LogP contribution in [0.2, 0.25) is 0 Å². The van der Waals surface area contributed by atoms with Gasteiger partial charge in [-0.1, -0.05) is 13.3 Å². The van der Waals surface area contributed by atoms with Crippen LogP contribution in [-0.4, -0.2) is 40.4 Å². The van der Waals surface area contributed by atoms with Crippen molar-refractivity contribution in [2.75, 3.05) is 18.1 Å². The molecule has 0 aromatic carbocycles. The van der Waals surface area contributed by atoms with Gasteiger partial charge in [0.05, 0.1) is 11.5 Å². The van der Waals surface area contributed by atoms with Crippen LogP contribution < -0.4 is 9.44 Å². The number of rotatable bonds is 10. The molecule has 8 heteroatoms. The van der Waals surface area contributed by atoms with Crippen LogP contribution >= 0.6 is 0 Å². The zero-order valence-corrected chi connectivity index (χ0v) is 13.8. The van der Waals surface area contributed by atoms with Crippen LogP contribution in [0.1, 0.15) is 47.0 Å². The Morgan fingerprint density at radius 2 is 1.53 bits per heavy atom. The van der Waals surface area contributed by atoms with Crippen molar-refractivity contribution in [2.24, 2.45) is 0 Å². The molecule has 0 unspecified atom stereocenters. The van der Waals surface area contributed by atoms with Crippen LogP contribution in [0.3, 0.4) is 0 Å². The first kappa shape index (κ1) is 18.8. The van der Waals surface area contributed by atoms with E-state index in [1.807, 2.05) is 0 Å². The third-order valence-electron chi connectivity index (χ3n) is 2.64. The van der Waals surface area contributed by atoms with Gasteiger partial charge in [0, 0.05) is 12.1 Å². The van der Waals surface area contributed by atoms with E-state index in [-0.39, 0.29) is 11.5 Å². The highest BCUT2D eigenvalue weighted by Crippen LogP contribution is 2.14. The van der Waals surface area contributed by atoms with E-state index in [4.69, 9.17) is 0 Å². The van der Waals surface area contributed by atoms with Crippen molar-refractivity contribution >= 4 is 20.0 Å². The molecule has 0 aliphatic carbocycles. The second-order valence-corrected chi connectivity index (χ2v) is 9.10. The van der Waals surface area contributed by atoms with Gasteiger partial charge in [0.2, 0.25) is 20.0 Å². The third kappa shape index (κ3) is 9.37. The molecular formula is C11H26N2O4S2. The standard InChI is InChI=1S/C11H26N2O4S2/c1-5-12-19(16,17)10-8-7-9-11(3,4)13-18(14,15)6-2/h12-13H,5-10H2,1-4H3. The highest BCUT2D eigenvalue weighted by atomic mass is 32.2. The van der Waals surface area contributed by atoms with Crippen LogP contribution in [0.5, 0.6) is 0 Å². The number of unbranched alkanes of at least 4 members (excludes halogenated alkanes) is 1. The molecule has 0 aliphatic heterocycles. The van der Waals surface area contributed by atoms with Gasteiger partial charge in [-0.2, -0.15) is 0 Å². The number of nitrogens with one attached hydrogen (secondary N) is 2. The maximum Gasteiger partial charge on any atom is 0.211 e. The van der Waals surface area contributed by atoms with Gasteiger partial charge in [-0.25, -0.2) is 26.3 Å². The molecule has 0 aromatic heterocycles. The van der Waals surface area contributed by atoms with Gasteiger partial charge < -0.3 is 0 Å². The summed E-state index contributed by atoms with van der Waals surface area (Å²) in [5, 5.41) is 0. The van der Waals surface area contributed by atoms with Crippen LogP contribution in [0.15, 0.2) is 0 Å². The number of hydrogen-bond acceptors (Lipinski definition) is 4. The summed E-state index contributed by atoms with van der Waals surface area (Å²) in [6.07, 6.45) is 1.78. The molecule has 0 aromatic rings. The molecule has 116 valence electrons. The van der Waals surface area contributed by atoms with Crippen molar-refractivity contribution in [3.05, 3.63) is 0 Å². The van der Waals surface area contributed by atoms with Gasteiger partial charge in [-0.15, -0.1) is 0 Å². The third-order valence-corrected chi connectivity index (χ3v) is 5.82. The number of sulfonamides is 2. The van der Waals surface area contributed by atoms with E-state index in [0.717, 1.165) is 0 Å². The normalized spacial score (nSPS) is 13.7. The molecule has 0 amide bonds. The predicted molar refractivity (Wildman–Crippen MR) is 78.0 cm³/mol. The zero-order valence-electron chi connectivity index (χ0n) is 12.2. The van der Waals surface area contributed by atoms with Crippen LogP contribution in [0.25, 0.3) is 0 Å². The molecule has 0 atom stereocenters. The first-order valence-corrected chi connectivity index (χ1v) is 9.83. The maximum atomic E-state index is 11.5. The average molecular weight is 314 g/mol. The molecule has 0 aliphatic rings. The van der Waals surface area contributed by atoms with Crippen molar-refractivity contribution in [3.8, 4) is 0 Å². The second-order valence-electron chi connectivity index (χ2n) is 5.16. The minimum absolute atomic E-state index is 0.0469. The predicted octanol–water partition coefficient (Wildman–Crippen LogP) is 0.814. The Balaban J connectivity index is 4.14. The van der Waals surface area contributed by atoms with Crippen molar-refractivity contribution in [3.63, 3.8) is 0 Å². The maximum absolute atomic E-state index is 11.5. The van der Waals surface area contributed by atoms with E-state index >= 15 is 0 Å². The SMILES string of the molecule is CCNS(=O)(=O)CCCCC(C)(C)NS(=O)(=O)CC. The van der Waals surface area contributed by atoms with E-state index in [2.05, 4.69) is 9.44 Å². The largest absolute Gasteiger partial charge is 0.216 e. The highest BCUT2D eigenvalue weighted by molar-refractivity contribution is 7.89. The first-order valence-electron chi connectivity index (χ1n) is 6.52. The molecule has 0 spiro atoms. The Morgan fingerprint density at radius 1 is 0.947 bits per heavy atom. The molecule has 0 saturated carbocycles. The van der Waals surface area contributed by atoms with Gasteiger partial charge in [0.1, 0.15) is 0 Å². The van der Waals surface area contributed by atoms with E-state index < -0.39 is 25.6 Å². The van der Waals surface area contributed by atoms with Crippen molar-refractivity contribution < 1.29 is 16.8 Å². The van der Waals surface area contributed by atoms with Crippen molar-refractivity contribution in [1.82, 2.24) is 9.44 Å². The Bertz CT molecular complexity index is 455. The summed E-state index contributed by atoms with van der Waals surface area (Å²) < 4.78 is 50.8. The second kappa shape index (κ2) is 7.56. The molecule has 2 N–H and O–H groups in total. The summed E-state index contributed by atoms with van der Waals surface area (Å²) in [7, 11) is -6.41. The molecule has 0 rings (SSSR count). The quantitative estimate of drug-likeness (QED) is 0.584.